The molecule has 2 N–H and O–H groups in total. The van der Waals surface area contributed by atoms with Crippen molar-refractivity contribution in [3.8, 4) is 0 Å². The molecule has 0 heterocycles. The first-order valence-electron chi connectivity index (χ1n) is 5.65. The summed E-state index contributed by atoms with van der Waals surface area (Å²) in [5.74, 6) is -0.273. The van der Waals surface area contributed by atoms with Crippen LogP contribution in [0.3, 0.4) is 0 Å². The molecule has 19 heavy (non-hydrogen) atoms. The SMILES string of the molecule is Cc1ccc(NC(=S)Nc2ccccc2Cl)cc1F. The molecule has 0 unspecified atom stereocenters. The minimum absolute atomic E-state index is 0.273. The standard InChI is InChI=1S/C14H12ClFN2S/c1-9-6-7-10(8-12(9)16)17-14(19)18-13-5-3-2-4-11(13)15/h2-8H,1H3,(H2,17,18,19). The summed E-state index contributed by atoms with van der Waals surface area (Å²) in [5.41, 5.74) is 1.89. The van der Waals surface area contributed by atoms with Crippen LogP contribution in [0.4, 0.5) is 15.8 Å². The van der Waals surface area contributed by atoms with Crippen molar-refractivity contribution in [1.82, 2.24) is 0 Å². The molecule has 0 radical (unpaired) electrons. The van der Waals surface area contributed by atoms with Gasteiger partial charge in [0.2, 0.25) is 0 Å². The van der Waals surface area contributed by atoms with Crippen LogP contribution in [0.1, 0.15) is 5.56 Å². The van der Waals surface area contributed by atoms with Crippen molar-refractivity contribution < 1.29 is 4.39 Å². The van der Waals surface area contributed by atoms with E-state index in [4.69, 9.17) is 23.8 Å². The van der Waals surface area contributed by atoms with E-state index >= 15 is 0 Å². The minimum Gasteiger partial charge on any atom is -0.332 e. The largest absolute Gasteiger partial charge is 0.332 e. The molecule has 0 aliphatic carbocycles. The molecule has 0 aromatic heterocycles. The van der Waals surface area contributed by atoms with Crippen molar-refractivity contribution in [1.29, 1.82) is 0 Å². The Bertz CT molecular complexity index is 616. The van der Waals surface area contributed by atoms with Crippen LogP contribution in [0.5, 0.6) is 0 Å². The fourth-order valence-electron chi connectivity index (χ4n) is 1.52. The number of thiocarbonyl (C=S) groups is 1. The molecule has 0 saturated carbocycles. The first-order valence-corrected chi connectivity index (χ1v) is 6.43. The smallest absolute Gasteiger partial charge is 0.175 e. The van der Waals surface area contributed by atoms with E-state index in [0.29, 0.717) is 27.1 Å². The molecule has 0 atom stereocenters. The lowest BCUT2D eigenvalue weighted by Crippen LogP contribution is -2.19. The number of rotatable bonds is 2. The van der Waals surface area contributed by atoms with Gasteiger partial charge in [-0.2, -0.15) is 0 Å². The van der Waals surface area contributed by atoms with E-state index in [1.54, 1.807) is 25.1 Å². The molecule has 5 heteroatoms. The Balaban J connectivity index is 2.05. The predicted octanol–water partition coefficient (Wildman–Crippen LogP) is 4.60. The molecule has 98 valence electrons. The van der Waals surface area contributed by atoms with Crippen LogP contribution in [0.25, 0.3) is 0 Å². The van der Waals surface area contributed by atoms with Gasteiger partial charge in [0, 0.05) is 5.69 Å². The summed E-state index contributed by atoms with van der Waals surface area (Å²) in [6.07, 6.45) is 0. The van der Waals surface area contributed by atoms with Crippen molar-refractivity contribution in [2.24, 2.45) is 0 Å². The molecular weight excluding hydrogens is 283 g/mol. The number of benzene rings is 2. The van der Waals surface area contributed by atoms with E-state index in [1.807, 2.05) is 18.2 Å². The van der Waals surface area contributed by atoms with Gasteiger partial charge in [0.25, 0.3) is 0 Å². The number of halogens is 2. The highest BCUT2D eigenvalue weighted by Gasteiger charge is 2.04. The number of nitrogens with one attached hydrogen (secondary N) is 2. The van der Waals surface area contributed by atoms with E-state index < -0.39 is 0 Å². The maximum absolute atomic E-state index is 13.4. The molecule has 0 aliphatic heterocycles. The molecule has 0 aliphatic rings. The Morgan fingerprint density at radius 2 is 1.89 bits per heavy atom. The zero-order valence-corrected chi connectivity index (χ0v) is 11.8. The molecule has 0 fully saturated rings. The average Bonchev–Trinajstić information content (AvgIpc) is 2.37. The van der Waals surface area contributed by atoms with Gasteiger partial charge in [-0.15, -0.1) is 0 Å². The Morgan fingerprint density at radius 3 is 2.58 bits per heavy atom. The Labute approximate surface area is 121 Å². The van der Waals surface area contributed by atoms with Gasteiger partial charge in [0.15, 0.2) is 5.11 Å². The first kappa shape index (κ1) is 13.8. The summed E-state index contributed by atoms with van der Waals surface area (Å²) in [6, 6.07) is 12.1. The Morgan fingerprint density at radius 1 is 1.16 bits per heavy atom. The number of para-hydroxylation sites is 1. The van der Waals surface area contributed by atoms with Gasteiger partial charge in [0.1, 0.15) is 5.82 Å². The van der Waals surface area contributed by atoms with Crippen LogP contribution < -0.4 is 10.6 Å². The molecule has 0 saturated heterocycles. The topological polar surface area (TPSA) is 24.1 Å². The monoisotopic (exact) mass is 294 g/mol. The van der Waals surface area contributed by atoms with Gasteiger partial charge in [0.05, 0.1) is 10.7 Å². The highest BCUT2D eigenvalue weighted by atomic mass is 35.5. The normalized spacial score (nSPS) is 10.1. The lowest BCUT2D eigenvalue weighted by Gasteiger charge is -2.12. The summed E-state index contributed by atoms with van der Waals surface area (Å²) in [5, 5.41) is 6.79. The summed E-state index contributed by atoms with van der Waals surface area (Å²) in [7, 11) is 0. The van der Waals surface area contributed by atoms with E-state index in [2.05, 4.69) is 10.6 Å². The summed E-state index contributed by atoms with van der Waals surface area (Å²) in [6.45, 7) is 1.71. The third-order valence-corrected chi connectivity index (χ3v) is 3.09. The fourth-order valence-corrected chi connectivity index (χ4v) is 1.93. The fraction of sp³-hybridized carbons (Fsp3) is 0.0714. The van der Waals surface area contributed by atoms with Gasteiger partial charge in [-0.3, -0.25) is 0 Å². The van der Waals surface area contributed by atoms with Crippen LogP contribution in [-0.2, 0) is 0 Å². The average molecular weight is 295 g/mol. The first-order chi connectivity index (χ1) is 9.06. The number of anilines is 2. The van der Waals surface area contributed by atoms with Crippen LogP contribution in [0, 0.1) is 12.7 Å². The van der Waals surface area contributed by atoms with Crippen LogP contribution in [0.15, 0.2) is 42.5 Å². The number of hydrogen-bond acceptors (Lipinski definition) is 1. The van der Waals surface area contributed by atoms with Gasteiger partial charge < -0.3 is 10.6 Å². The van der Waals surface area contributed by atoms with Crippen molar-refractivity contribution in [2.45, 2.75) is 6.92 Å². The van der Waals surface area contributed by atoms with Crippen molar-refractivity contribution in [3.63, 3.8) is 0 Å². The molecule has 2 aromatic carbocycles. The lowest BCUT2D eigenvalue weighted by molar-refractivity contribution is 0.619. The zero-order chi connectivity index (χ0) is 13.8. The van der Waals surface area contributed by atoms with Gasteiger partial charge in [-0.05, 0) is 49.0 Å². The van der Waals surface area contributed by atoms with Crippen LogP contribution >= 0.6 is 23.8 Å². The lowest BCUT2D eigenvalue weighted by atomic mass is 10.2. The molecule has 2 nitrogen and oxygen atoms in total. The van der Waals surface area contributed by atoms with Crippen LogP contribution in [-0.4, -0.2) is 5.11 Å². The van der Waals surface area contributed by atoms with Gasteiger partial charge in [-0.1, -0.05) is 29.8 Å². The predicted molar refractivity (Wildman–Crippen MR) is 82.4 cm³/mol. The van der Waals surface area contributed by atoms with E-state index in [0.717, 1.165) is 0 Å². The van der Waals surface area contributed by atoms with E-state index in [1.165, 1.54) is 6.07 Å². The zero-order valence-electron chi connectivity index (χ0n) is 10.2. The maximum Gasteiger partial charge on any atom is 0.175 e. The molecule has 0 spiro atoms. The quantitative estimate of drug-likeness (QED) is 0.792. The maximum atomic E-state index is 13.4. The Kier molecular flexibility index (Phi) is 4.35. The summed E-state index contributed by atoms with van der Waals surface area (Å²) >= 11 is 11.2. The Hall–Kier alpha value is -1.65. The van der Waals surface area contributed by atoms with Crippen molar-refractivity contribution in [3.05, 3.63) is 58.9 Å². The molecular formula is C14H12ClFN2S. The molecule has 2 aromatic rings. The van der Waals surface area contributed by atoms with E-state index in [-0.39, 0.29) is 5.82 Å². The van der Waals surface area contributed by atoms with Crippen molar-refractivity contribution in [2.75, 3.05) is 10.6 Å². The third-order valence-electron chi connectivity index (χ3n) is 2.55. The number of aryl methyl sites for hydroxylation is 1. The van der Waals surface area contributed by atoms with Gasteiger partial charge >= 0.3 is 0 Å². The van der Waals surface area contributed by atoms with Crippen LogP contribution in [0.2, 0.25) is 5.02 Å². The van der Waals surface area contributed by atoms with Crippen molar-refractivity contribution >= 4 is 40.3 Å². The van der Waals surface area contributed by atoms with E-state index in [9.17, 15) is 4.39 Å². The third kappa shape index (κ3) is 3.66. The second kappa shape index (κ2) is 5.99. The minimum atomic E-state index is -0.273. The molecule has 0 bridgehead atoms. The van der Waals surface area contributed by atoms with Gasteiger partial charge in [-0.25, -0.2) is 4.39 Å². The number of hydrogen-bond donors (Lipinski definition) is 2. The summed E-state index contributed by atoms with van der Waals surface area (Å²) in [4.78, 5) is 0. The molecule has 2 rings (SSSR count). The molecule has 0 amide bonds. The highest BCUT2D eigenvalue weighted by molar-refractivity contribution is 7.80. The second-order valence-electron chi connectivity index (χ2n) is 4.02. The second-order valence-corrected chi connectivity index (χ2v) is 4.84. The summed E-state index contributed by atoms with van der Waals surface area (Å²) < 4.78 is 13.4. The highest BCUT2D eigenvalue weighted by Crippen LogP contribution is 2.21.